The van der Waals surface area contributed by atoms with E-state index >= 15 is 0 Å². The van der Waals surface area contributed by atoms with Crippen LogP contribution in [0.2, 0.25) is 0 Å². The summed E-state index contributed by atoms with van der Waals surface area (Å²) in [5, 5.41) is 5.40. The third-order valence-corrected chi connectivity index (χ3v) is 4.98. The molecule has 114 valence electrons. The minimum absolute atomic E-state index is 0.586. The maximum atomic E-state index is 5.95. The van der Waals surface area contributed by atoms with Crippen LogP contribution in [0.15, 0.2) is 38.6 Å². The molecular weight excluding hydrogens is 418 g/mol. The van der Waals surface area contributed by atoms with Gasteiger partial charge in [-0.05, 0) is 40.2 Å². The SMILES string of the molecule is COCCNCc1cc(Br)ccc1OCc1cc(Br)cs1. The first-order chi connectivity index (χ1) is 10.2. The first kappa shape index (κ1) is 17.0. The van der Waals surface area contributed by atoms with Crippen molar-refractivity contribution in [1.29, 1.82) is 0 Å². The maximum Gasteiger partial charge on any atom is 0.124 e. The van der Waals surface area contributed by atoms with Gasteiger partial charge in [0.25, 0.3) is 0 Å². The van der Waals surface area contributed by atoms with Crippen LogP contribution in [-0.4, -0.2) is 20.3 Å². The molecule has 0 saturated heterocycles. The smallest absolute Gasteiger partial charge is 0.124 e. The molecule has 0 bridgehead atoms. The van der Waals surface area contributed by atoms with Crippen LogP contribution >= 0.6 is 43.2 Å². The van der Waals surface area contributed by atoms with Crippen LogP contribution in [0, 0.1) is 0 Å². The average Bonchev–Trinajstić information content (AvgIpc) is 2.88. The third kappa shape index (κ3) is 5.71. The lowest BCUT2D eigenvalue weighted by Crippen LogP contribution is -2.19. The number of ether oxygens (including phenoxy) is 2. The second-order valence-corrected chi connectivity index (χ2v) is 7.27. The van der Waals surface area contributed by atoms with Gasteiger partial charge < -0.3 is 14.8 Å². The Balaban J connectivity index is 1.97. The van der Waals surface area contributed by atoms with Gasteiger partial charge in [-0.15, -0.1) is 11.3 Å². The molecule has 0 atom stereocenters. The maximum absolute atomic E-state index is 5.95. The second kappa shape index (κ2) is 8.90. The zero-order valence-electron chi connectivity index (χ0n) is 11.7. The lowest BCUT2D eigenvalue weighted by Gasteiger charge is -2.12. The van der Waals surface area contributed by atoms with Crippen LogP contribution in [0.3, 0.4) is 0 Å². The number of hydrogen-bond donors (Lipinski definition) is 1. The monoisotopic (exact) mass is 433 g/mol. The molecule has 21 heavy (non-hydrogen) atoms. The molecule has 0 fully saturated rings. The van der Waals surface area contributed by atoms with Crippen LogP contribution in [0.5, 0.6) is 5.75 Å². The van der Waals surface area contributed by atoms with E-state index in [0.29, 0.717) is 13.2 Å². The summed E-state index contributed by atoms with van der Waals surface area (Å²) in [6, 6.07) is 8.16. The predicted octanol–water partition coefficient (Wildman–Crippen LogP) is 4.59. The average molecular weight is 435 g/mol. The molecule has 0 aliphatic heterocycles. The first-order valence-corrected chi connectivity index (χ1v) is 8.99. The summed E-state index contributed by atoms with van der Waals surface area (Å²) in [6.45, 7) is 2.86. The van der Waals surface area contributed by atoms with Gasteiger partial charge in [0.05, 0.1) is 6.61 Å². The van der Waals surface area contributed by atoms with Crippen molar-refractivity contribution in [2.45, 2.75) is 13.2 Å². The fraction of sp³-hybridized carbons (Fsp3) is 0.333. The number of rotatable bonds is 8. The third-order valence-electron chi connectivity index (χ3n) is 2.81. The molecule has 0 aliphatic carbocycles. The van der Waals surface area contributed by atoms with Crippen molar-refractivity contribution in [3.8, 4) is 5.75 Å². The summed E-state index contributed by atoms with van der Waals surface area (Å²) in [5.41, 5.74) is 1.14. The van der Waals surface area contributed by atoms with E-state index in [4.69, 9.17) is 9.47 Å². The molecule has 1 heterocycles. The standard InChI is InChI=1S/C15H17Br2NO2S/c1-19-5-4-18-8-11-6-12(16)2-3-15(11)20-9-14-7-13(17)10-21-14/h2-3,6-7,10,18H,4-5,8-9H2,1H3. The number of hydrogen-bond acceptors (Lipinski definition) is 4. The normalized spacial score (nSPS) is 10.8. The van der Waals surface area contributed by atoms with Crippen molar-refractivity contribution in [3.63, 3.8) is 0 Å². The fourth-order valence-electron chi connectivity index (χ4n) is 1.80. The number of halogens is 2. The van der Waals surface area contributed by atoms with Gasteiger partial charge >= 0.3 is 0 Å². The van der Waals surface area contributed by atoms with Gasteiger partial charge in [-0.1, -0.05) is 15.9 Å². The highest BCUT2D eigenvalue weighted by Crippen LogP contribution is 2.26. The number of methoxy groups -OCH3 is 1. The Kier molecular flexibility index (Phi) is 7.19. The van der Waals surface area contributed by atoms with Crippen molar-refractivity contribution >= 4 is 43.2 Å². The minimum Gasteiger partial charge on any atom is -0.488 e. The van der Waals surface area contributed by atoms with Crippen molar-refractivity contribution in [3.05, 3.63) is 49.0 Å². The molecule has 0 aliphatic rings. The summed E-state index contributed by atoms with van der Waals surface area (Å²) >= 11 is 8.65. The molecular formula is C15H17Br2NO2S. The molecule has 0 amide bonds. The molecule has 2 rings (SSSR count). The zero-order valence-corrected chi connectivity index (χ0v) is 15.7. The minimum atomic E-state index is 0.586. The van der Waals surface area contributed by atoms with E-state index in [1.54, 1.807) is 18.4 Å². The van der Waals surface area contributed by atoms with Crippen LogP contribution in [0.4, 0.5) is 0 Å². The largest absolute Gasteiger partial charge is 0.488 e. The molecule has 1 aromatic heterocycles. The molecule has 1 N–H and O–H groups in total. The van der Waals surface area contributed by atoms with Gasteiger partial charge in [0.2, 0.25) is 0 Å². The van der Waals surface area contributed by atoms with Crippen molar-refractivity contribution in [1.82, 2.24) is 5.32 Å². The fourth-order valence-corrected chi connectivity index (χ4v) is 3.57. The summed E-state index contributed by atoms with van der Waals surface area (Å²) in [6.07, 6.45) is 0. The highest BCUT2D eigenvalue weighted by Gasteiger charge is 2.06. The van der Waals surface area contributed by atoms with Gasteiger partial charge in [-0.25, -0.2) is 0 Å². The van der Waals surface area contributed by atoms with Crippen LogP contribution in [0.1, 0.15) is 10.4 Å². The number of thiophene rings is 1. The van der Waals surface area contributed by atoms with E-state index in [0.717, 1.165) is 33.3 Å². The summed E-state index contributed by atoms with van der Waals surface area (Å²) < 4.78 is 13.1. The molecule has 0 radical (unpaired) electrons. The van der Waals surface area contributed by atoms with Crippen molar-refractivity contribution in [2.24, 2.45) is 0 Å². The Morgan fingerprint density at radius 2 is 2.05 bits per heavy atom. The molecule has 6 heteroatoms. The molecule has 1 aromatic carbocycles. The molecule has 0 unspecified atom stereocenters. The van der Waals surface area contributed by atoms with E-state index in [1.165, 1.54) is 4.88 Å². The predicted molar refractivity (Wildman–Crippen MR) is 94.1 cm³/mol. The summed E-state index contributed by atoms with van der Waals surface area (Å²) in [4.78, 5) is 1.20. The number of nitrogens with one attached hydrogen (secondary N) is 1. The topological polar surface area (TPSA) is 30.5 Å². The van der Waals surface area contributed by atoms with Crippen molar-refractivity contribution in [2.75, 3.05) is 20.3 Å². The van der Waals surface area contributed by atoms with Gasteiger partial charge in [0.1, 0.15) is 12.4 Å². The summed E-state index contributed by atoms with van der Waals surface area (Å²) in [7, 11) is 1.70. The lowest BCUT2D eigenvalue weighted by atomic mass is 10.2. The second-order valence-electron chi connectivity index (χ2n) is 4.44. The molecule has 0 spiro atoms. The molecule has 2 aromatic rings. The van der Waals surface area contributed by atoms with Gasteiger partial charge in [0.15, 0.2) is 0 Å². The summed E-state index contributed by atoms with van der Waals surface area (Å²) in [5.74, 6) is 0.910. The van der Waals surface area contributed by atoms with Gasteiger partial charge in [-0.2, -0.15) is 0 Å². The molecule has 3 nitrogen and oxygen atoms in total. The first-order valence-electron chi connectivity index (χ1n) is 6.53. The van der Waals surface area contributed by atoms with Crippen LogP contribution < -0.4 is 10.1 Å². The highest BCUT2D eigenvalue weighted by atomic mass is 79.9. The van der Waals surface area contributed by atoms with Crippen molar-refractivity contribution < 1.29 is 9.47 Å². The van der Waals surface area contributed by atoms with E-state index in [-0.39, 0.29) is 0 Å². The quantitative estimate of drug-likeness (QED) is 0.616. The Labute approximate surface area is 145 Å². The van der Waals surface area contributed by atoms with E-state index in [2.05, 4.69) is 54.7 Å². The molecule has 0 saturated carbocycles. The Morgan fingerprint density at radius 1 is 1.19 bits per heavy atom. The van der Waals surface area contributed by atoms with Crippen LogP contribution in [0.25, 0.3) is 0 Å². The van der Waals surface area contributed by atoms with Gasteiger partial charge in [0, 0.05) is 45.0 Å². The lowest BCUT2D eigenvalue weighted by molar-refractivity contribution is 0.199. The van der Waals surface area contributed by atoms with E-state index < -0.39 is 0 Å². The Hall–Kier alpha value is -0.400. The van der Waals surface area contributed by atoms with E-state index in [1.807, 2.05) is 12.1 Å². The van der Waals surface area contributed by atoms with E-state index in [9.17, 15) is 0 Å². The highest BCUT2D eigenvalue weighted by molar-refractivity contribution is 9.10. The Bertz CT molecular complexity index is 575. The Morgan fingerprint density at radius 3 is 2.76 bits per heavy atom. The number of benzene rings is 1. The van der Waals surface area contributed by atoms with Gasteiger partial charge in [-0.3, -0.25) is 0 Å². The zero-order chi connectivity index (χ0) is 15.1. The van der Waals surface area contributed by atoms with Crippen LogP contribution in [-0.2, 0) is 17.9 Å².